The number of carbonyl (C=O) groups excluding carboxylic acids is 1. The largest absolute Gasteiger partial charge is 0.496 e. The van der Waals surface area contributed by atoms with Gasteiger partial charge in [-0.25, -0.2) is 0 Å². The number of carboxylic acids is 1. The molecule has 0 saturated carbocycles. The van der Waals surface area contributed by atoms with Crippen molar-refractivity contribution < 1.29 is 19.4 Å². The maximum absolute atomic E-state index is 12.6. The number of hydrogen-bond donors (Lipinski definition) is 1. The fraction of sp³-hybridized carbons (Fsp3) is 0.500. The van der Waals surface area contributed by atoms with Crippen molar-refractivity contribution in [1.29, 1.82) is 0 Å². The summed E-state index contributed by atoms with van der Waals surface area (Å²) in [5.74, 6) is -0.817. The lowest BCUT2D eigenvalue weighted by atomic mass is 9.93. The Morgan fingerprint density at radius 1 is 1.41 bits per heavy atom. The van der Waals surface area contributed by atoms with E-state index in [-0.39, 0.29) is 24.9 Å². The van der Waals surface area contributed by atoms with Crippen LogP contribution in [0.3, 0.4) is 0 Å². The smallest absolute Gasteiger partial charge is 0.308 e. The van der Waals surface area contributed by atoms with E-state index in [2.05, 4.69) is 0 Å². The normalized spacial score (nSPS) is 21.5. The first-order chi connectivity index (χ1) is 10.4. The van der Waals surface area contributed by atoms with E-state index in [0.29, 0.717) is 29.2 Å². The van der Waals surface area contributed by atoms with Crippen LogP contribution >= 0.6 is 11.6 Å². The van der Waals surface area contributed by atoms with Crippen molar-refractivity contribution >= 4 is 23.5 Å². The lowest BCUT2D eigenvalue weighted by Crippen LogP contribution is -2.47. The van der Waals surface area contributed by atoms with Crippen molar-refractivity contribution in [3.05, 3.63) is 28.8 Å². The van der Waals surface area contributed by atoms with E-state index in [0.717, 1.165) is 0 Å². The number of nitrogens with zero attached hydrogens (tertiary/aromatic N) is 1. The minimum Gasteiger partial charge on any atom is -0.496 e. The van der Waals surface area contributed by atoms with Gasteiger partial charge >= 0.3 is 5.97 Å². The van der Waals surface area contributed by atoms with Crippen molar-refractivity contribution in [3.8, 4) is 5.75 Å². The van der Waals surface area contributed by atoms with Gasteiger partial charge in [0.05, 0.1) is 19.4 Å². The summed E-state index contributed by atoms with van der Waals surface area (Å²) in [5.41, 5.74) is 0.713. The number of amides is 1. The number of methoxy groups -OCH3 is 1. The molecule has 0 bridgehead atoms. The minimum absolute atomic E-state index is 0.0493. The second-order valence-corrected chi connectivity index (χ2v) is 6.08. The van der Waals surface area contributed by atoms with Gasteiger partial charge in [0.15, 0.2) is 0 Å². The SMILES string of the molecule is COc1ccc(Cl)cc1CC(=O)N1CC(C(=O)O)CCC1C. The Hall–Kier alpha value is -1.75. The Morgan fingerprint density at radius 3 is 2.77 bits per heavy atom. The van der Waals surface area contributed by atoms with E-state index in [4.69, 9.17) is 21.4 Å². The molecule has 1 fully saturated rings. The van der Waals surface area contributed by atoms with E-state index < -0.39 is 11.9 Å². The third kappa shape index (κ3) is 3.71. The van der Waals surface area contributed by atoms with Gasteiger partial charge in [0.2, 0.25) is 5.91 Å². The van der Waals surface area contributed by atoms with E-state index in [1.807, 2.05) is 6.92 Å². The summed E-state index contributed by atoms with van der Waals surface area (Å²) < 4.78 is 5.25. The zero-order chi connectivity index (χ0) is 16.3. The Labute approximate surface area is 134 Å². The van der Waals surface area contributed by atoms with E-state index in [1.165, 1.54) is 0 Å². The molecule has 1 heterocycles. The van der Waals surface area contributed by atoms with Crippen molar-refractivity contribution in [2.24, 2.45) is 5.92 Å². The highest BCUT2D eigenvalue weighted by Crippen LogP contribution is 2.26. The third-order valence-electron chi connectivity index (χ3n) is 4.14. The molecule has 2 atom stereocenters. The number of hydrogen-bond acceptors (Lipinski definition) is 3. The molecular formula is C16H20ClNO4. The molecule has 0 radical (unpaired) electrons. The monoisotopic (exact) mass is 325 g/mol. The molecule has 120 valence electrons. The topological polar surface area (TPSA) is 66.8 Å². The second kappa shape index (κ2) is 7.01. The van der Waals surface area contributed by atoms with Gasteiger partial charge in [-0.2, -0.15) is 0 Å². The zero-order valence-electron chi connectivity index (χ0n) is 12.7. The van der Waals surface area contributed by atoms with Gasteiger partial charge in [0.1, 0.15) is 5.75 Å². The summed E-state index contributed by atoms with van der Waals surface area (Å²) in [6.45, 7) is 2.21. The zero-order valence-corrected chi connectivity index (χ0v) is 13.5. The Morgan fingerprint density at radius 2 is 2.14 bits per heavy atom. The molecule has 1 aliphatic rings. The van der Waals surface area contributed by atoms with Gasteiger partial charge in [0.25, 0.3) is 0 Å². The molecule has 0 aliphatic carbocycles. The van der Waals surface area contributed by atoms with Gasteiger partial charge in [-0.1, -0.05) is 11.6 Å². The molecule has 1 N–H and O–H groups in total. The third-order valence-corrected chi connectivity index (χ3v) is 4.37. The van der Waals surface area contributed by atoms with Crippen LogP contribution in [-0.4, -0.2) is 41.6 Å². The highest BCUT2D eigenvalue weighted by molar-refractivity contribution is 6.30. The molecule has 5 nitrogen and oxygen atoms in total. The van der Waals surface area contributed by atoms with Crippen molar-refractivity contribution in [2.75, 3.05) is 13.7 Å². The van der Waals surface area contributed by atoms with Crippen LogP contribution in [0.5, 0.6) is 5.75 Å². The van der Waals surface area contributed by atoms with Crippen molar-refractivity contribution in [2.45, 2.75) is 32.2 Å². The maximum Gasteiger partial charge on any atom is 0.308 e. The summed E-state index contributed by atoms with van der Waals surface area (Å²) in [6.07, 6.45) is 1.47. The quantitative estimate of drug-likeness (QED) is 0.924. The van der Waals surface area contributed by atoms with Gasteiger partial charge in [0, 0.05) is 23.2 Å². The van der Waals surface area contributed by atoms with Crippen LogP contribution in [0.15, 0.2) is 18.2 Å². The Balaban J connectivity index is 2.14. The predicted molar refractivity (Wildman–Crippen MR) is 83.2 cm³/mol. The predicted octanol–water partition coefficient (Wildman–Crippen LogP) is 2.60. The van der Waals surface area contributed by atoms with Gasteiger partial charge in [-0.3, -0.25) is 9.59 Å². The first kappa shape index (κ1) is 16.6. The Bertz CT molecular complexity index is 575. The second-order valence-electron chi connectivity index (χ2n) is 5.64. The van der Waals surface area contributed by atoms with Crippen LogP contribution in [0.25, 0.3) is 0 Å². The summed E-state index contributed by atoms with van der Waals surface area (Å²) in [4.78, 5) is 25.4. The van der Waals surface area contributed by atoms with E-state index in [1.54, 1.807) is 30.2 Å². The van der Waals surface area contributed by atoms with Crippen LogP contribution < -0.4 is 4.74 Å². The van der Waals surface area contributed by atoms with Crippen molar-refractivity contribution in [1.82, 2.24) is 4.90 Å². The molecule has 1 amide bonds. The molecule has 22 heavy (non-hydrogen) atoms. The summed E-state index contributed by atoms with van der Waals surface area (Å²) in [6, 6.07) is 5.19. The molecule has 1 aliphatic heterocycles. The Kier molecular flexibility index (Phi) is 5.29. The molecule has 0 spiro atoms. The minimum atomic E-state index is -0.843. The lowest BCUT2D eigenvalue weighted by molar-refractivity contribution is -0.147. The summed E-state index contributed by atoms with van der Waals surface area (Å²) in [5, 5.41) is 9.70. The average molecular weight is 326 g/mol. The number of benzene rings is 1. The van der Waals surface area contributed by atoms with E-state index >= 15 is 0 Å². The van der Waals surface area contributed by atoms with Crippen LogP contribution in [0.1, 0.15) is 25.3 Å². The number of carboxylic acid groups (broad SMARTS) is 1. The number of aliphatic carboxylic acids is 1. The van der Waals surface area contributed by atoms with E-state index in [9.17, 15) is 9.59 Å². The number of likely N-dealkylation sites (tertiary alicyclic amines) is 1. The summed E-state index contributed by atoms with van der Waals surface area (Å²) in [7, 11) is 1.54. The number of ether oxygens (including phenoxy) is 1. The lowest BCUT2D eigenvalue weighted by Gasteiger charge is -2.36. The molecule has 1 aromatic rings. The maximum atomic E-state index is 12.6. The average Bonchev–Trinajstić information content (AvgIpc) is 2.47. The first-order valence-electron chi connectivity index (χ1n) is 7.27. The number of carbonyl (C=O) groups is 2. The fourth-order valence-corrected chi connectivity index (χ4v) is 3.00. The van der Waals surface area contributed by atoms with Gasteiger partial charge in [-0.05, 0) is 38.0 Å². The molecule has 1 saturated heterocycles. The first-order valence-corrected chi connectivity index (χ1v) is 7.65. The van der Waals surface area contributed by atoms with Crippen LogP contribution in [-0.2, 0) is 16.0 Å². The summed E-state index contributed by atoms with van der Waals surface area (Å²) >= 11 is 5.98. The standard InChI is InChI=1S/C16H20ClNO4/c1-10-3-4-11(16(20)21)9-18(10)15(19)8-12-7-13(17)5-6-14(12)22-2/h5-7,10-11H,3-4,8-9H2,1-2H3,(H,20,21). The molecular weight excluding hydrogens is 306 g/mol. The molecule has 6 heteroatoms. The highest BCUT2D eigenvalue weighted by Gasteiger charge is 2.32. The van der Waals surface area contributed by atoms with Crippen molar-refractivity contribution in [3.63, 3.8) is 0 Å². The number of rotatable bonds is 4. The molecule has 1 aromatic carbocycles. The molecule has 0 aromatic heterocycles. The number of piperidine rings is 1. The fourth-order valence-electron chi connectivity index (χ4n) is 2.81. The van der Waals surface area contributed by atoms with Crippen LogP contribution in [0, 0.1) is 5.92 Å². The number of halogens is 1. The highest BCUT2D eigenvalue weighted by atomic mass is 35.5. The van der Waals surface area contributed by atoms with Crippen LogP contribution in [0.4, 0.5) is 0 Å². The van der Waals surface area contributed by atoms with Gasteiger partial charge < -0.3 is 14.7 Å². The molecule has 2 rings (SSSR count). The van der Waals surface area contributed by atoms with Crippen LogP contribution in [0.2, 0.25) is 5.02 Å². The molecule has 2 unspecified atom stereocenters. The van der Waals surface area contributed by atoms with Gasteiger partial charge in [-0.15, -0.1) is 0 Å².